The van der Waals surface area contributed by atoms with Crippen molar-refractivity contribution < 1.29 is 9.32 Å². The molecule has 0 spiro atoms. The van der Waals surface area contributed by atoms with Crippen molar-refractivity contribution in [3.63, 3.8) is 0 Å². The molecule has 1 aromatic heterocycles. The monoisotopic (exact) mass is 336 g/mol. The maximum Gasteiger partial charge on any atom is 0.234 e. The Morgan fingerprint density at radius 1 is 1.40 bits per heavy atom. The van der Waals surface area contributed by atoms with Gasteiger partial charge in [-0.05, 0) is 30.5 Å². The Labute approximate surface area is 126 Å². The average molecular weight is 337 g/mol. The van der Waals surface area contributed by atoms with Crippen molar-refractivity contribution in [2.75, 3.05) is 0 Å². The third-order valence-corrected chi connectivity index (χ3v) is 3.47. The summed E-state index contributed by atoms with van der Waals surface area (Å²) in [5.41, 5.74) is 2.01. The number of hydrogen-bond donors (Lipinski definition) is 0. The molecule has 0 aliphatic rings. The van der Waals surface area contributed by atoms with Crippen LogP contribution in [0.2, 0.25) is 0 Å². The second-order valence-corrected chi connectivity index (χ2v) is 6.16. The highest BCUT2D eigenvalue weighted by molar-refractivity contribution is 9.10. The third kappa shape index (κ3) is 3.76. The van der Waals surface area contributed by atoms with Gasteiger partial charge in [0.1, 0.15) is 5.78 Å². The van der Waals surface area contributed by atoms with Gasteiger partial charge >= 0.3 is 0 Å². The van der Waals surface area contributed by atoms with E-state index >= 15 is 0 Å². The fraction of sp³-hybridized carbons (Fsp3) is 0.400. The van der Waals surface area contributed by atoms with Crippen LogP contribution in [0.4, 0.5) is 0 Å². The molecule has 0 aliphatic carbocycles. The lowest BCUT2D eigenvalue weighted by Gasteiger charge is -2.00. The minimum absolute atomic E-state index is 0.123. The maximum atomic E-state index is 11.7. The molecule has 5 heteroatoms. The van der Waals surface area contributed by atoms with Gasteiger partial charge in [-0.1, -0.05) is 41.0 Å². The molecule has 106 valence electrons. The van der Waals surface area contributed by atoms with Gasteiger partial charge in [0.25, 0.3) is 0 Å². The first-order chi connectivity index (χ1) is 9.45. The molecule has 0 fully saturated rings. The Balaban J connectivity index is 2.14. The fourth-order valence-corrected chi connectivity index (χ4v) is 2.60. The van der Waals surface area contributed by atoms with E-state index in [-0.39, 0.29) is 12.2 Å². The highest BCUT2D eigenvalue weighted by atomic mass is 79.9. The fourth-order valence-electron chi connectivity index (χ4n) is 1.93. The van der Waals surface area contributed by atoms with Crippen molar-refractivity contribution >= 4 is 21.7 Å². The van der Waals surface area contributed by atoms with Crippen LogP contribution in [-0.4, -0.2) is 15.9 Å². The van der Waals surface area contributed by atoms with Gasteiger partial charge in [0.05, 0.1) is 6.42 Å². The number of Topliss-reactive ketones (excluding diaryl/α,β-unsaturated/α-hetero) is 1. The van der Waals surface area contributed by atoms with E-state index in [2.05, 4.69) is 26.1 Å². The molecule has 0 N–H and O–H groups in total. The highest BCUT2D eigenvalue weighted by Crippen LogP contribution is 2.27. The van der Waals surface area contributed by atoms with Crippen molar-refractivity contribution in [2.45, 2.75) is 33.6 Å². The number of carbonyl (C=O) groups excluding carboxylic acids is 1. The van der Waals surface area contributed by atoms with E-state index in [1.54, 1.807) is 0 Å². The molecule has 1 aromatic carbocycles. The van der Waals surface area contributed by atoms with E-state index < -0.39 is 0 Å². The van der Waals surface area contributed by atoms with E-state index in [9.17, 15) is 4.79 Å². The van der Waals surface area contributed by atoms with E-state index in [1.807, 2.05) is 39.0 Å². The van der Waals surface area contributed by atoms with E-state index in [4.69, 9.17) is 4.52 Å². The van der Waals surface area contributed by atoms with Gasteiger partial charge in [0, 0.05) is 16.5 Å². The van der Waals surface area contributed by atoms with Crippen molar-refractivity contribution in [2.24, 2.45) is 5.92 Å². The number of benzene rings is 1. The van der Waals surface area contributed by atoms with E-state index in [1.165, 1.54) is 0 Å². The van der Waals surface area contributed by atoms with Gasteiger partial charge in [-0.15, -0.1) is 0 Å². The number of rotatable bonds is 5. The zero-order valence-corrected chi connectivity index (χ0v) is 13.4. The van der Waals surface area contributed by atoms with Crippen molar-refractivity contribution in [1.29, 1.82) is 0 Å². The molecule has 2 rings (SSSR count). The summed E-state index contributed by atoms with van der Waals surface area (Å²) < 4.78 is 6.07. The molecule has 0 atom stereocenters. The van der Waals surface area contributed by atoms with Crippen LogP contribution in [0.3, 0.4) is 0 Å². The smallest absolute Gasteiger partial charge is 0.234 e. The quantitative estimate of drug-likeness (QED) is 0.828. The lowest BCUT2D eigenvalue weighted by atomic mass is 10.1. The summed E-state index contributed by atoms with van der Waals surface area (Å²) in [4.78, 5) is 16.0. The van der Waals surface area contributed by atoms with Gasteiger partial charge < -0.3 is 4.52 Å². The Kier molecular flexibility index (Phi) is 4.70. The van der Waals surface area contributed by atoms with Crippen LogP contribution in [-0.2, 0) is 11.2 Å². The standard InChI is InChI=1S/C15H17BrN2O2/c1-9(2)6-11(19)8-14-17-15(18-20-14)12-5-4-10(3)7-13(12)16/h4-5,7,9H,6,8H2,1-3H3. The van der Waals surface area contributed by atoms with Gasteiger partial charge in [-0.25, -0.2) is 0 Å². The Bertz CT molecular complexity index is 620. The summed E-state index contributed by atoms with van der Waals surface area (Å²) in [6, 6.07) is 5.92. The summed E-state index contributed by atoms with van der Waals surface area (Å²) in [5, 5.41) is 3.94. The predicted octanol–water partition coefficient (Wildman–Crippen LogP) is 3.97. The van der Waals surface area contributed by atoms with Crippen molar-refractivity contribution in [3.8, 4) is 11.4 Å². The first kappa shape index (κ1) is 14.9. The van der Waals surface area contributed by atoms with Crippen LogP contribution in [0.1, 0.15) is 31.7 Å². The first-order valence-corrected chi connectivity index (χ1v) is 7.36. The molecule has 0 saturated carbocycles. The average Bonchev–Trinajstić information content (AvgIpc) is 2.75. The molecule has 0 bridgehead atoms. The largest absolute Gasteiger partial charge is 0.338 e. The van der Waals surface area contributed by atoms with Crippen molar-refractivity contribution in [1.82, 2.24) is 10.1 Å². The number of aromatic nitrogens is 2. The second kappa shape index (κ2) is 6.31. The SMILES string of the molecule is Cc1ccc(-c2noc(CC(=O)CC(C)C)n2)c(Br)c1. The van der Waals surface area contributed by atoms with Gasteiger partial charge in [0.15, 0.2) is 0 Å². The molecule has 0 radical (unpaired) electrons. The van der Waals surface area contributed by atoms with Crippen LogP contribution >= 0.6 is 15.9 Å². The number of hydrogen-bond acceptors (Lipinski definition) is 4. The van der Waals surface area contributed by atoms with Crippen LogP contribution in [0.15, 0.2) is 27.2 Å². The number of carbonyl (C=O) groups is 1. The summed E-state index contributed by atoms with van der Waals surface area (Å²) in [6.45, 7) is 6.04. The topological polar surface area (TPSA) is 56.0 Å². The number of halogens is 1. The van der Waals surface area contributed by atoms with Crippen LogP contribution in [0.25, 0.3) is 11.4 Å². The second-order valence-electron chi connectivity index (χ2n) is 5.31. The zero-order chi connectivity index (χ0) is 14.7. The van der Waals surface area contributed by atoms with Crippen molar-refractivity contribution in [3.05, 3.63) is 34.1 Å². The third-order valence-electron chi connectivity index (χ3n) is 2.82. The zero-order valence-electron chi connectivity index (χ0n) is 11.8. The molecule has 1 heterocycles. The molecule has 0 amide bonds. The molecular formula is C15H17BrN2O2. The molecule has 0 unspecified atom stereocenters. The Morgan fingerprint density at radius 3 is 2.80 bits per heavy atom. The van der Waals surface area contributed by atoms with Crippen LogP contribution in [0, 0.1) is 12.8 Å². The van der Waals surface area contributed by atoms with Crippen LogP contribution in [0.5, 0.6) is 0 Å². The minimum Gasteiger partial charge on any atom is -0.338 e. The summed E-state index contributed by atoms with van der Waals surface area (Å²) >= 11 is 3.49. The van der Waals surface area contributed by atoms with Gasteiger partial charge in [0.2, 0.25) is 11.7 Å². The number of ketones is 1. The Morgan fingerprint density at radius 2 is 2.15 bits per heavy atom. The Hall–Kier alpha value is -1.49. The first-order valence-electron chi connectivity index (χ1n) is 6.56. The molecule has 4 nitrogen and oxygen atoms in total. The summed E-state index contributed by atoms with van der Waals surface area (Å²) in [6.07, 6.45) is 0.737. The van der Waals surface area contributed by atoms with Crippen LogP contribution < -0.4 is 0 Å². The van der Waals surface area contributed by atoms with Gasteiger partial charge in [-0.2, -0.15) is 4.98 Å². The molecule has 20 heavy (non-hydrogen) atoms. The predicted molar refractivity (Wildman–Crippen MR) is 80.3 cm³/mol. The van der Waals surface area contributed by atoms with E-state index in [0.717, 1.165) is 15.6 Å². The molecular weight excluding hydrogens is 320 g/mol. The summed E-state index contributed by atoms with van der Waals surface area (Å²) in [5.74, 6) is 1.34. The lowest BCUT2D eigenvalue weighted by molar-refractivity contribution is -0.119. The van der Waals surface area contributed by atoms with E-state index in [0.29, 0.717) is 24.1 Å². The maximum absolute atomic E-state index is 11.7. The molecule has 0 saturated heterocycles. The molecule has 0 aliphatic heterocycles. The normalized spacial score (nSPS) is 11.1. The number of aryl methyl sites for hydroxylation is 1. The summed E-state index contributed by atoms with van der Waals surface area (Å²) in [7, 11) is 0. The number of nitrogens with zero attached hydrogens (tertiary/aromatic N) is 2. The molecule has 2 aromatic rings. The highest BCUT2D eigenvalue weighted by Gasteiger charge is 2.15. The minimum atomic E-state index is 0.123. The lowest BCUT2D eigenvalue weighted by Crippen LogP contribution is -2.06. The van der Waals surface area contributed by atoms with Gasteiger partial charge in [-0.3, -0.25) is 4.79 Å².